The van der Waals surface area contributed by atoms with Crippen molar-refractivity contribution in [3.63, 3.8) is 0 Å². The fourth-order valence-electron chi connectivity index (χ4n) is 7.60. The number of hydrogen-bond acceptors (Lipinski definition) is 5. The van der Waals surface area contributed by atoms with E-state index in [2.05, 4.69) is 13.2 Å². The van der Waals surface area contributed by atoms with E-state index in [1.54, 1.807) is 41.3 Å². The normalized spacial score (nSPS) is 28.0. The summed E-state index contributed by atoms with van der Waals surface area (Å²) < 4.78 is 6.96. The third-order valence-electron chi connectivity index (χ3n) is 9.56. The number of carbonyl (C=O) groups excluding carboxylic acids is 3. The minimum atomic E-state index is -1.25. The number of fused-ring (bicyclic) bond motifs is 1. The van der Waals surface area contributed by atoms with Gasteiger partial charge >= 0.3 is 0 Å². The number of carbonyl (C=O) groups is 3. The molecule has 0 saturated carbocycles. The lowest BCUT2D eigenvalue weighted by Crippen LogP contribution is -2.59. The summed E-state index contributed by atoms with van der Waals surface area (Å²) in [6, 6.07) is 14.7. The Hall–Kier alpha value is -3.46. The molecule has 1 spiro atoms. The smallest absolute Gasteiger partial charge is 0.253 e. The minimum absolute atomic E-state index is 0.153. The molecule has 3 fully saturated rings. The maximum Gasteiger partial charge on any atom is 0.253 e. The molecule has 3 heterocycles. The summed E-state index contributed by atoms with van der Waals surface area (Å²) in [6.07, 6.45) is 5.17. The molecule has 3 aliphatic rings. The van der Waals surface area contributed by atoms with Gasteiger partial charge in [-0.2, -0.15) is 0 Å². The molecule has 43 heavy (non-hydrogen) atoms. The summed E-state index contributed by atoms with van der Waals surface area (Å²) in [7, 11) is 0. The number of amides is 3. The van der Waals surface area contributed by atoms with E-state index < -0.39 is 35.1 Å². The van der Waals surface area contributed by atoms with Gasteiger partial charge in [0.25, 0.3) is 5.91 Å². The van der Waals surface area contributed by atoms with Gasteiger partial charge in [-0.05, 0) is 49.9 Å². The standard InChI is InChI=1S/C34H40ClN3O5/c1-5-20-36(24-14-10-9-11-15-24)30(40)27-28-31(41)38(23(7-3)22-39)29(34(28)19-18-33(27,8-4)43-34)32(42)37(21-6-2)26-17-13-12-16-25(26)35/h5-6,9-17,23,27-29,39H,1-2,7-8,18-22H2,3-4H3/t23-,27-,28-,29?,33+,34?/m0/s1. The summed E-state index contributed by atoms with van der Waals surface area (Å²) in [5.74, 6) is -2.65. The highest BCUT2D eigenvalue weighted by atomic mass is 35.5. The van der Waals surface area contributed by atoms with Crippen molar-refractivity contribution in [3.05, 3.63) is 84.9 Å². The van der Waals surface area contributed by atoms with E-state index in [4.69, 9.17) is 16.3 Å². The zero-order chi connectivity index (χ0) is 30.9. The first-order valence-corrected chi connectivity index (χ1v) is 15.4. The number of para-hydroxylation sites is 2. The van der Waals surface area contributed by atoms with E-state index in [0.29, 0.717) is 42.1 Å². The fourth-order valence-corrected chi connectivity index (χ4v) is 7.84. The zero-order valence-corrected chi connectivity index (χ0v) is 25.6. The molecule has 228 valence electrons. The Bertz CT molecular complexity index is 1400. The van der Waals surface area contributed by atoms with Crippen LogP contribution in [0, 0.1) is 11.8 Å². The first kappa shape index (κ1) is 31.0. The Morgan fingerprint density at radius 3 is 2.30 bits per heavy atom. The molecule has 2 aromatic carbocycles. The predicted octanol–water partition coefficient (Wildman–Crippen LogP) is 5.00. The Morgan fingerprint density at radius 1 is 1.05 bits per heavy atom. The first-order chi connectivity index (χ1) is 20.7. The lowest BCUT2D eigenvalue weighted by molar-refractivity contribution is -0.149. The highest BCUT2D eigenvalue weighted by Gasteiger charge is 2.79. The molecule has 0 aromatic heterocycles. The van der Waals surface area contributed by atoms with Crippen LogP contribution < -0.4 is 9.80 Å². The highest BCUT2D eigenvalue weighted by Crippen LogP contribution is 2.65. The lowest BCUT2D eigenvalue weighted by Gasteiger charge is -2.39. The van der Waals surface area contributed by atoms with E-state index in [-0.39, 0.29) is 37.4 Å². The number of nitrogens with zero attached hydrogens (tertiary/aromatic N) is 3. The fraction of sp³-hybridized carbons (Fsp3) is 0.441. The summed E-state index contributed by atoms with van der Waals surface area (Å²) in [5.41, 5.74) is -0.970. The molecule has 0 aliphatic carbocycles. The second-order valence-electron chi connectivity index (χ2n) is 11.6. The Kier molecular flexibility index (Phi) is 8.84. The molecule has 3 saturated heterocycles. The zero-order valence-electron chi connectivity index (χ0n) is 24.8. The first-order valence-electron chi connectivity index (χ1n) is 15.0. The summed E-state index contributed by atoms with van der Waals surface area (Å²) in [5, 5.41) is 10.8. The molecular weight excluding hydrogens is 566 g/mol. The molecule has 2 aromatic rings. The predicted molar refractivity (Wildman–Crippen MR) is 168 cm³/mol. The third-order valence-corrected chi connectivity index (χ3v) is 9.88. The number of aliphatic hydroxyl groups is 1. The Morgan fingerprint density at radius 2 is 1.70 bits per heavy atom. The lowest BCUT2D eigenvalue weighted by atomic mass is 9.64. The Labute approximate surface area is 258 Å². The number of rotatable bonds is 12. The van der Waals surface area contributed by atoms with Crippen LogP contribution in [0.3, 0.4) is 0 Å². The van der Waals surface area contributed by atoms with Crippen molar-refractivity contribution in [2.24, 2.45) is 11.8 Å². The minimum Gasteiger partial charge on any atom is -0.394 e. The van der Waals surface area contributed by atoms with Gasteiger partial charge in [0.1, 0.15) is 11.6 Å². The van der Waals surface area contributed by atoms with Crippen molar-refractivity contribution in [3.8, 4) is 0 Å². The van der Waals surface area contributed by atoms with Crippen LogP contribution in [0.5, 0.6) is 0 Å². The van der Waals surface area contributed by atoms with Crippen molar-refractivity contribution in [1.82, 2.24) is 4.90 Å². The second kappa shape index (κ2) is 12.3. The molecule has 1 N–H and O–H groups in total. The molecule has 6 atom stereocenters. The molecular formula is C34H40ClN3O5. The summed E-state index contributed by atoms with van der Waals surface area (Å²) in [4.78, 5) is 48.7. The van der Waals surface area contributed by atoms with Crippen molar-refractivity contribution >= 4 is 40.7 Å². The van der Waals surface area contributed by atoms with Gasteiger partial charge in [-0.15, -0.1) is 13.2 Å². The van der Waals surface area contributed by atoms with E-state index in [0.717, 1.165) is 0 Å². The van der Waals surface area contributed by atoms with Gasteiger partial charge in [0.2, 0.25) is 11.8 Å². The van der Waals surface area contributed by atoms with Crippen molar-refractivity contribution in [2.45, 2.75) is 62.8 Å². The largest absolute Gasteiger partial charge is 0.394 e. The number of hydrogen-bond donors (Lipinski definition) is 1. The van der Waals surface area contributed by atoms with Crippen LogP contribution in [0.1, 0.15) is 39.5 Å². The molecule has 0 radical (unpaired) electrons. The number of ether oxygens (including phenoxy) is 1. The average molecular weight is 606 g/mol. The number of likely N-dealkylation sites (tertiary alicyclic amines) is 1. The van der Waals surface area contributed by atoms with Crippen molar-refractivity contribution in [1.29, 1.82) is 0 Å². The van der Waals surface area contributed by atoms with Crippen LogP contribution in [-0.4, -0.2) is 70.7 Å². The van der Waals surface area contributed by atoms with Crippen LogP contribution in [0.2, 0.25) is 5.02 Å². The van der Waals surface area contributed by atoms with Gasteiger partial charge in [0, 0.05) is 18.8 Å². The van der Waals surface area contributed by atoms with E-state index in [1.165, 1.54) is 9.80 Å². The molecule has 3 amide bonds. The molecule has 5 rings (SSSR count). The van der Waals surface area contributed by atoms with E-state index in [1.807, 2.05) is 44.2 Å². The van der Waals surface area contributed by atoms with Crippen molar-refractivity contribution < 1.29 is 24.2 Å². The SMILES string of the molecule is C=CCN(C(=O)[C@@H]1[C@H]2C(=O)N([C@@H](CC)CO)C(C(=O)N(CC=C)c3ccccc3Cl)C23CC[C@@]1(CC)O3)c1ccccc1. The summed E-state index contributed by atoms with van der Waals surface area (Å²) in [6.45, 7) is 11.6. The van der Waals surface area contributed by atoms with Crippen LogP contribution in [-0.2, 0) is 19.1 Å². The van der Waals surface area contributed by atoms with Crippen LogP contribution in [0.25, 0.3) is 0 Å². The van der Waals surface area contributed by atoms with E-state index in [9.17, 15) is 19.5 Å². The van der Waals surface area contributed by atoms with E-state index >= 15 is 0 Å². The third kappa shape index (κ3) is 4.80. The second-order valence-corrected chi connectivity index (χ2v) is 12.0. The highest BCUT2D eigenvalue weighted by molar-refractivity contribution is 6.34. The quantitative estimate of drug-likeness (QED) is 0.344. The molecule has 8 nitrogen and oxygen atoms in total. The molecule has 3 aliphatic heterocycles. The Balaban J connectivity index is 1.66. The van der Waals surface area contributed by atoms with Gasteiger partial charge in [-0.25, -0.2) is 0 Å². The number of anilines is 2. The monoisotopic (exact) mass is 605 g/mol. The number of aliphatic hydroxyl groups excluding tert-OH is 1. The van der Waals surface area contributed by atoms with Crippen LogP contribution in [0.15, 0.2) is 79.9 Å². The molecule has 2 unspecified atom stereocenters. The molecule has 2 bridgehead atoms. The number of halogens is 1. The maximum atomic E-state index is 14.8. The van der Waals surface area contributed by atoms with Gasteiger partial charge in [0.15, 0.2) is 0 Å². The maximum absolute atomic E-state index is 14.8. The van der Waals surface area contributed by atoms with Gasteiger partial charge in [0.05, 0.1) is 40.8 Å². The topological polar surface area (TPSA) is 90.4 Å². The van der Waals surface area contributed by atoms with Gasteiger partial charge < -0.3 is 24.5 Å². The molecule has 9 heteroatoms. The van der Waals surface area contributed by atoms with Crippen LogP contribution >= 0.6 is 11.6 Å². The summed E-state index contributed by atoms with van der Waals surface area (Å²) >= 11 is 6.57. The van der Waals surface area contributed by atoms with Crippen molar-refractivity contribution in [2.75, 3.05) is 29.5 Å². The van der Waals surface area contributed by atoms with Gasteiger partial charge in [-0.3, -0.25) is 14.4 Å². The van der Waals surface area contributed by atoms with Crippen LogP contribution in [0.4, 0.5) is 11.4 Å². The number of benzene rings is 2. The average Bonchev–Trinajstić information content (AvgIpc) is 3.63. The van der Waals surface area contributed by atoms with Gasteiger partial charge in [-0.1, -0.05) is 67.9 Å².